The second-order valence-corrected chi connectivity index (χ2v) is 11.1. The van der Waals surface area contributed by atoms with E-state index in [9.17, 15) is 15.0 Å². The second kappa shape index (κ2) is 12.8. The molecule has 228 valence electrons. The number of nitrogens with zero attached hydrogens (tertiary/aromatic N) is 6. The fourth-order valence-corrected chi connectivity index (χ4v) is 5.76. The van der Waals surface area contributed by atoms with Crippen molar-refractivity contribution in [3.8, 4) is 0 Å². The van der Waals surface area contributed by atoms with E-state index in [-0.39, 0.29) is 18.4 Å². The van der Waals surface area contributed by atoms with Crippen LogP contribution in [0.15, 0.2) is 79.5 Å². The Kier molecular flexibility index (Phi) is 8.53. The maximum absolute atomic E-state index is 12.1. The molecule has 2 aromatic carbocycles. The monoisotopic (exact) mass is 595 g/mol. The Labute approximate surface area is 255 Å². The van der Waals surface area contributed by atoms with Gasteiger partial charge in [0.05, 0.1) is 36.5 Å². The lowest BCUT2D eigenvalue weighted by Gasteiger charge is -2.22. The lowest BCUT2D eigenvalue weighted by Crippen LogP contribution is -2.42. The van der Waals surface area contributed by atoms with E-state index in [2.05, 4.69) is 45.2 Å². The first kappa shape index (κ1) is 29.3. The van der Waals surface area contributed by atoms with Crippen LogP contribution in [-0.4, -0.2) is 70.0 Å². The number of anilines is 2. The summed E-state index contributed by atoms with van der Waals surface area (Å²) in [7, 11) is 1.93. The summed E-state index contributed by atoms with van der Waals surface area (Å²) >= 11 is 0. The van der Waals surface area contributed by atoms with Gasteiger partial charge in [-0.3, -0.25) is 4.79 Å². The third kappa shape index (κ3) is 6.12. The fraction of sp³-hybridized carbons (Fsp3) is 0.344. The number of amides is 1. The highest BCUT2D eigenvalue weighted by Crippen LogP contribution is 2.35. The average Bonchev–Trinajstić information content (AvgIpc) is 3.74. The van der Waals surface area contributed by atoms with Crippen molar-refractivity contribution in [3.63, 3.8) is 0 Å². The van der Waals surface area contributed by atoms with Gasteiger partial charge in [0.2, 0.25) is 11.9 Å². The van der Waals surface area contributed by atoms with Gasteiger partial charge in [-0.05, 0) is 17.5 Å². The van der Waals surface area contributed by atoms with Crippen molar-refractivity contribution in [2.45, 2.75) is 56.5 Å². The van der Waals surface area contributed by atoms with Crippen molar-refractivity contribution < 1.29 is 15.0 Å². The Balaban J connectivity index is 1.37. The van der Waals surface area contributed by atoms with Gasteiger partial charge in [0, 0.05) is 32.6 Å². The molecular formula is C32H37N9O3. The molecule has 12 heteroatoms. The van der Waals surface area contributed by atoms with Gasteiger partial charge >= 0.3 is 0 Å². The maximum atomic E-state index is 12.1. The number of aliphatic hydroxyl groups excluding tert-OH is 2. The molecule has 3 aromatic heterocycles. The largest absolute Gasteiger partial charge is 0.388 e. The Hall–Kier alpha value is -4.81. The molecule has 0 radical (unpaired) electrons. The number of benzene rings is 2. The SMILES string of the molecule is CCC(=O)N[C@H]1C[C@@H](n2cnc3c(NC(c4ccccc4)c4ccccc4)nc(NCCc4cn(C)cn4)nc32)[C@H](O)[C@@H]1O. The number of rotatable bonds is 11. The molecule has 1 aliphatic rings. The molecule has 5 aromatic rings. The number of aliphatic hydroxyl groups is 2. The molecule has 0 saturated heterocycles. The second-order valence-electron chi connectivity index (χ2n) is 11.1. The van der Waals surface area contributed by atoms with E-state index in [4.69, 9.17) is 15.0 Å². The molecule has 12 nitrogen and oxygen atoms in total. The van der Waals surface area contributed by atoms with Crippen molar-refractivity contribution in [2.75, 3.05) is 17.2 Å². The number of aryl methyl sites for hydroxylation is 1. The van der Waals surface area contributed by atoms with Crippen molar-refractivity contribution in [2.24, 2.45) is 7.05 Å². The molecule has 0 unspecified atom stereocenters. The molecule has 1 amide bonds. The Morgan fingerprint density at radius 2 is 1.68 bits per heavy atom. The molecule has 1 aliphatic carbocycles. The van der Waals surface area contributed by atoms with Crippen LogP contribution in [0, 0.1) is 0 Å². The summed E-state index contributed by atoms with van der Waals surface area (Å²) in [6, 6.07) is 18.9. The first-order valence-electron chi connectivity index (χ1n) is 14.9. The maximum Gasteiger partial charge on any atom is 0.226 e. The van der Waals surface area contributed by atoms with Crippen LogP contribution in [-0.2, 0) is 18.3 Å². The first-order valence-corrected chi connectivity index (χ1v) is 14.9. The van der Waals surface area contributed by atoms with Gasteiger partial charge < -0.3 is 35.3 Å². The number of hydrogen-bond donors (Lipinski definition) is 5. The van der Waals surface area contributed by atoms with E-state index >= 15 is 0 Å². The fourth-order valence-electron chi connectivity index (χ4n) is 5.76. The number of fused-ring (bicyclic) bond motifs is 1. The standard InChI is InChI=1S/C32H37N9O3/c1-3-25(42)36-23-16-24(29(44)28(23)43)41-19-35-27-30(37-26(20-10-6-4-7-11-20)21-12-8-5-9-13-21)38-32(39-31(27)41)33-15-14-22-17-40(2)18-34-22/h4-13,17-19,23-24,26,28-29,43-44H,3,14-16H2,1-2H3,(H,36,42)(H2,33,37,38,39)/t23-,24+,28+,29-/m0/s1. The zero-order chi connectivity index (χ0) is 30.6. The Bertz CT molecular complexity index is 1670. The van der Waals surface area contributed by atoms with E-state index in [1.165, 1.54) is 0 Å². The van der Waals surface area contributed by atoms with Crippen LogP contribution in [0.5, 0.6) is 0 Å². The first-order chi connectivity index (χ1) is 21.4. The van der Waals surface area contributed by atoms with Crippen LogP contribution in [0.2, 0.25) is 0 Å². The van der Waals surface area contributed by atoms with Crippen molar-refractivity contribution in [1.29, 1.82) is 0 Å². The third-order valence-electron chi connectivity index (χ3n) is 8.07. The minimum atomic E-state index is -1.12. The zero-order valence-electron chi connectivity index (χ0n) is 24.7. The van der Waals surface area contributed by atoms with Gasteiger partial charge in [0.25, 0.3) is 0 Å². The van der Waals surface area contributed by atoms with Crippen LogP contribution >= 0.6 is 0 Å². The topological polar surface area (TPSA) is 155 Å². The van der Waals surface area contributed by atoms with Crippen LogP contribution in [0.4, 0.5) is 11.8 Å². The molecule has 1 fully saturated rings. The van der Waals surface area contributed by atoms with E-state index < -0.39 is 24.3 Å². The van der Waals surface area contributed by atoms with Crippen LogP contribution < -0.4 is 16.0 Å². The normalized spacial score (nSPS) is 19.8. The molecular weight excluding hydrogens is 558 g/mol. The summed E-state index contributed by atoms with van der Waals surface area (Å²) in [4.78, 5) is 30.9. The summed E-state index contributed by atoms with van der Waals surface area (Å²) in [5.41, 5.74) is 4.08. The van der Waals surface area contributed by atoms with E-state index in [1.807, 2.05) is 54.2 Å². The van der Waals surface area contributed by atoms with E-state index in [0.29, 0.717) is 42.3 Å². The van der Waals surface area contributed by atoms with Gasteiger partial charge in [0.15, 0.2) is 17.0 Å². The average molecular weight is 596 g/mol. The van der Waals surface area contributed by atoms with Gasteiger partial charge in [-0.1, -0.05) is 67.6 Å². The van der Waals surface area contributed by atoms with Gasteiger partial charge in [-0.25, -0.2) is 9.97 Å². The summed E-state index contributed by atoms with van der Waals surface area (Å²) in [5.74, 6) is 0.732. The number of aromatic nitrogens is 6. The van der Waals surface area contributed by atoms with E-state index in [0.717, 1.165) is 16.8 Å². The highest BCUT2D eigenvalue weighted by Gasteiger charge is 2.43. The molecule has 0 bridgehead atoms. The predicted molar refractivity (Wildman–Crippen MR) is 167 cm³/mol. The smallest absolute Gasteiger partial charge is 0.226 e. The summed E-state index contributed by atoms with van der Waals surface area (Å²) < 4.78 is 3.68. The molecule has 0 spiro atoms. The number of hydrogen-bond acceptors (Lipinski definition) is 9. The van der Waals surface area contributed by atoms with Crippen LogP contribution in [0.1, 0.15) is 48.7 Å². The highest BCUT2D eigenvalue weighted by molar-refractivity contribution is 5.85. The number of carbonyl (C=O) groups is 1. The van der Waals surface area contributed by atoms with Gasteiger partial charge in [-0.2, -0.15) is 9.97 Å². The third-order valence-corrected chi connectivity index (χ3v) is 8.07. The number of carbonyl (C=O) groups excluding carboxylic acids is 1. The minimum absolute atomic E-state index is 0.182. The van der Waals surface area contributed by atoms with Crippen molar-refractivity contribution >= 4 is 28.8 Å². The Morgan fingerprint density at radius 1 is 0.977 bits per heavy atom. The van der Waals surface area contributed by atoms with Gasteiger partial charge in [0.1, 0.15) is 12.2 Å². The molecule has 1 saturated carbocycles. The zero-order valence-corrected chi connectivity index (χ0v) is 24.7. The molecule has 3 heterocycles. The summed E-state index contributed by atoms with van der Waals surface area (Å²) in [5, 5.41) is 31.6. The van der Waals surface area contributed by atoms with Gasteiger partial charge in [-0.15, -0.1) is 0 Å². The summed E-state index contributed by atoms with van der Waals surface area (Å²) in [6.07, 6.45) is 4.40. The number of imidazole rings is 2. The van der Waals surface area contributed by atoms with Crippen molar-refractivity contribution in [3.05, 3.63) is 96.3 Å². The lowest BCUT2D eigenvalue weighted by atomic mass is 9.99. The lowest BCUT2D eigenvalue weighted by molar-refractivity contribution is -0.122. The molecule has 6 rings (SSSR count). The molecule has 4 atom stereocenters. The van der Waals surface area contributed by atoms with Crippen LogP contribution in [0.25, 0.3) is 11.2 Å². The molecule has 0 aliphatic heterocycles. The highest BCUT2D eigenvalue weighted by atomic mass is 16.3. The van der Waals surface area contributed by atoms with Crippen molar-refractivity contribution in [1.82, 2.24) is 34.4 Å². The predicted octanol–water partition coefficient (Wildman–Crippen LogP) is 2.98. The number of nitrogens with one attached hydrogen (secondary N) is 3. The Morgan fingerprint density at radius 3 is 2.32 bits per heavy atom. The molecule has 5 N–H and O–H groups in total. The van der Waals surface area contributed by atoms with Crippen LogP contribution in [0.3, 0.4) is 0 Å². The minimum Gasteiger partial charge on any atom is -0.388 e. The summed E-state index contributed by atoms with van der Waals surface area (Å²) in [6.45, 7) is 2.30. The quantitative estimate of drug-likeness (QED) is 0.155. The molecule has 44 heavy (non-hydrogen) atoms. The van der Waals surface area contributed by atoms with E-state index in [1.54, 1.807) is 24.1 Å².